The molecule has 9 heteroatoms. The van der Waals surface area contributed by atoms with E-state index in [1.807, 2.05) is 36.4 Å². The number of amides is 1. The molecule has 2 heterocycles. The average molecular weight is 526 g/mol. The summed E-state index contributed by atoms with van der Waals surface area (Å²) < 4.78 is 30.0. The van der Waals surface area contributed by atoms with Gasteiger partial charge in [-0.3, -0.25) is 9.89 Å². The minimum atomic E-state index is -3.36. The van der Waals surface area contributed by atoms with Crippen molar-refractivity contribution in [3.63, 3.8) is 0 Å². The fourth-order valence-electron chi connectivity index (χ4n) is 3.93. The van der Waals surface area contributed by atoms with Gasteiger partial charge in [0, 0.05) is 28.2 Å². The molecule has 7 nitrogen and oxygen atoms in total. The molecular weight excluding hydrogens is 506 g/mol. The van der Waals surface area contributed by atoms with E-state index in [2.05, 4.69) is 26.1 Å². The molecule has 0 saturated heterocycles. The standard InChI is InChI=1S/C24H20BrN3O4S/c1-33(30,31)19-5-6-20(21(25)12-19)24(29)28-8-9-32-23-7-4-15(10-18(23)14-28)16-2-3-17-13-26-27-22(17)11-16/h2-7,10-13H,8-9,14H2,1H3,(H,26,27). The summed E-state index contributed by atoms with van der Waals surface area (Å²) in [6.07, 6.45) is 2.93. The maximum absolute atomic E-state index is 13.3. The van der Waals surface area contributed by atoms with E-state index in [1.54, 1.807) is 17.2 Å². The summed E-state index contributed by atoms with van der Waals surface area (Å²) in [4.78, 5) is 15.2. The van der Waals surface area contributed by atoms with Crippen LogP contribution in [0.1, 0.15) is 15.9 Å². The lowest BCUT2D eigenvalue weighted by molar-refractivity contribution is 0.0732. The summed E-state index contributed by atoms with van der Waals surface area (Å²) in [7, 11) is -3.36. The lowest BCUT2D eigenvalue weighted by atomic mass is 10.0. The van der Waals surface area contributed by atoms with Crippen molar-refractivity contribution in [2.24, 2.45) is 0 Å². The Morgan fingerprint density at radius 3 is 2.67 bits per heavy atom. The average Bonchev–Trinajstić information content (AvgIpc) is 3.15. The van der Waals surface area contributed by atoms with Crippen LogP contribution in [-0.4, -0.2) is 48.8 Å². The van der Waals surface area contributed by atoms with Crippen LogP contribution in [0.5, 0.6) is 5.75 Å². The highest BCUT2D eigenvalue weighted by Gasteiger charge is 2.24. The predicted molar refractivity (Wildman–Crippen MR) is 129 cm³/mol. The second-order valence-corrected chi connectivity index (χ2v) is 10.9. The first kappa shape index (κ1) is 21.7. The minimum absolute atomic E-state index is 0.161. The van der Waals surface area contributed by atoms with Gasteiger partial charge in [-0.2, -0.15) is 5.10 Å². The van der Waals surface area contributed by atoms with Crippen molar-refractivity contribution in [3.8, 4) is 16.9 Å². The van der Waals surface area contributed by atoms with Crippen molar-refractivity contribution in [2.45, 2.75) is 11.4 Å². The van der Waals surface area contributed by atoms with E-state index < -0.39 is 9.84 Å². The number of hydrogen-bond acceptors (Lipinski definition) is 5. The van der Waals surface area contributed by atoms with Crippen molar-refractivity contribution in [1.29, 1.82) is 0 Å². The number of nitrogens with one attached hydrogen (secondary N) is 1. The van der Waals surface area contributed by atoms with Crippen molar-refractivity contribution >= 4 is 42.6 Å². The molecule has 1 aliphatic heterocycles. The van der Waals surface area contributed by atoms with Gasteiger partial charge >= 0.3 is 0 Å². The molecule has 1 aromatic heterocycles. The Balaban J connectivity index is 1.45. The van der Waals surface area contributed by atoms with Gasteiger partial charge in [0.05, 0.1) is 28.7 Å². The highest BCUT2D eigenvalue weighted by molar-refractivity contribution is 9.10. The van der Waals surface area contributed by atoms with E-state index in [4.69, 9.17) is 4.74 Å². The number of H-pyrrole nitrogens is 1. The van der Waals surface area contributed by atoms with Crippen LogP contribution in [0.4, 0.5) is 0 Å². The van der Waals surface area contributed by atoms with Crippen LogP contribution in [0.25, 0.3) is 22.0 Å². The van der Waals surface area contributed by atoms with Crippen molar-refractivity contribution in [2.75, 3.05) is 19.4 Å². The molecule has 4 aromatic rings. The fourth-order valence-corrected chi connectivity index (χ4v) is 5.28. The van der Waals surface area contributed by atoms with Crippen LogP contribution >= 0.6 is 15.9 Å². The number of halogens is 1. The topological polar surface area (TPSA) is 92.4 Å². The van der Waals surface area contributed by atoms with Crippen LogP contribution in [-0.2, 0) is 16.4 Å². The van der Waals surface area contributed by atoms with Crippen molar-refractivity contribution in [3.05, 3.63) is 76.4 Å². The van der Waals surface area contributed by atoms with Gasteiger partial charge in [-0.1, -0.05) is 18.2 Å². The first-order chi connectivity index (χ1) is 15.8. The fraction of sp³-hybridized carbons (Fsp3) is 0.167. The Morgan fingerprint density at radius 2 is 1.88 bits per heavy atom. The molecule has 0 spiro atoms. The Hall–Kier alpha value is -3.17. The lowest BCUT2D eigenvalue weighted by Gasteiger charge is -2.21. The second-order valence-electron chi connectivity index (χ2n) is 7.98. The number of ether oxygens (including phenoxy) is 1. The Kier molecular flexibility index (Phi) is 5.46. The number of fused-ring (bicyclic) bond motifs is 2. The summed E-state index contributed by atoms with van der Waals surface area (Å²) in [6, 6.07) is 16.6. The van der Waals surface area contributed by atoms with Gasteiger partial charge in [-0.05, 0) is 63.5 Å². The molecule has 0 fully saturated rings. The molecule has 1 N–H and O–H groups in total. The molecule has 0 saturated carbocycles. The number of carbonyl (C=O) groups is 1. The van der Waals surface area contributed by atoms with Gasteiger partial charge in [-0.25, -0.2) is 8.42 Å². The van der Waals surface area contributed by atoms with E-state index in [0.717, 1.165) is 39.6 Å². The molecule has 1 aliphatic rings. The molecule has 1 amide bonds. The van der Waals surface area contributed by atoms with Crippen LogP contribution in [0.2, 0.25) is 0 Å². The molecule has 0 bridgehead atoms. The zero-order valence-corrected chi connectivity index (χ0v) is 20.1. The predicted octanol–water partition coefficient (Wildman–Crippen LogP) is 4.43. The van der Waals surface area contributed by atoms with Crippen LogP contribution in [0.15, 0.2) is 70.2 Å². The molecule has 33 heavy (non-hydrogen) atoms. The number of carbonyl (C=O) groups excluding carboxylic acids is 1. The molecule has 5 rings (SSSR count). The molecule has 0 unspecified atom stereocenters. The van der Waals surface area contributed by atoms with E-state index in [1.165, 1.54) is 12.1 Å². The van der Waals surface area contributed by atoms with E-state index in [9.17, 15) is 13.2 Å². The third-order valence-electron chi connectivity index (χ3n) is 5.70. The smallest absolute Gasteiger partial charge is 0.255 e. The van der Waals surface area contributed by atoms with E-state index in [-0.39, 0.29) is 10.8 Å². The SMILES string of the molecule is CS(=O)(=O)c1ccc(C(=O)N2CCOc3ccc(-c4ccc5cn[nH]c5c4)cc3C2)c(Br)c1. The molecule has 0 atom stereocenters. The molecule has 168 valence electrons. The Morgan fingerprint density at radius 1 is 1.09 bits per heavy atom. The van der Waals surface area contributed by atoms with Gasteiger partial charge in [-0.15, -0.1) is 0 Å². The highest BCUT2D eigenvalue weighted by atomic mass is 79.9. The summed E-state index contributed by atoms with van der Waals surface area (Å²) in [5.41, 5.74) is 4.33. The van der Waals surface area contributed by atoms with Crippen LogP contribution in [0.3, 0.4) is 0 Å². The van der Waals surface area contributed by atoms with Gasteiger partial charge in [0.15, 0.2) is 9.84 Å². The van der Waals surface area contributed by atoms with Gasteiger partial charge < -0.3 is 9.64 Å². The normalized spacial score (nSPS) is 13.9. The summed E-state index contributed by atoms with van der Waals surface area (Å²) in [5.74, 6) is 0.561. The first-order valence-corrected chi connectivity index (χ1v) is 13.0. The Labute approximate surface area is 199 Å². The zero-order chi connectivity index (χ0) is 23.2. The number of benzene rings is 3. The molecule has 0 radical (unpaired) electrons. The lowest BCUT2D eigenvalue weighted by Crippen LogP contribution is -2.32. The Bertz CT molecular complexity index is 1500. The van der Waals surface area contributed by atoms with Gasteiger partial charge in [0.25, 0.3) is 5.91 Å². The molecular formula is C24H20BrN3O4S. The maximum Gasteiger partial charge on any atom is 0.255 e. The summed E-state index contributed by atoms with van der Waals surface area (Å²) in [6.45, 7) is 1.18. The number of hydrogen-bond donors (Lipinski definition) is 1. The monoisotopic (exact) mass is 525 g/mol. The quantitative estimate of drug-likeness (QED) is 0.427. The number of nitrogens with zero attached hydrogens (tertiary/aromatic N) is 2. The first-order valence-electron chi connectivity index (χ1n) is 10.3. The molecule has 3 aromatic carbocycles. The third kappa shape index (κ3) is 4.26. The minimum Gasteiger partial charge on any atom is -0.491 e. The highest BCUT2D eigenvalue weighted by Crippen LogP contribution is 2.31. The third-order valence-corrected chi connectivity index (χ3v) is 7.47. The van der Waals surface area contributed by atoms with Gasteiger partial charge in [0.1, 0.15) is 12.4 Å². The van der Waals surface area contributed by atoms with E-state index >= 15 is 0 Å². The van der Waals surface area contributed by atoms with Crippen LogP contribution in [0, 0.1) is 0 Å². The van der Waals surface area contributed by atoms with Gasteiger partial charge in [0.2, 0.25) is 0 Å². The maximum atomic E-state index is 13.3. The van der Waals surface area contributed by atoms with E-state index in [0.29, 0.717) is 29.7 Å². The zero-order valence-electron chi connectivity index (χ0n) is 17.7. The number of sulfone groups is 1. The van der Waals surface area contributed by atoms with Crippen LogP contribution < -0.4 is 4.74 Å². The number of aromatic amines is 1. The van der Waals surface area contributed by atoms with Crippen molar-refractivity contribution < 1.29 is 17.9 Å². The van der Waals surface area contributed by atoms with Crippen molar-refractivity contribution in [1.82, 2.24) is 15.1 Å². The number of aromatic nitrogens is 2. The summed E-state index contributed by atoms with van der Waals surface area (Å²) in [5, 5.41) is 8.11. The second kappa shape index (κ2) is 8.31. The molecule has 0 aliphatic carbocycles. The summed E-state index contributed by atoms with van der Waals surface area (Å²) >= 11 is 3.37. The largest absolute Gasteiger partial charge is 0.491 e. The number of rotatable bonds is 3.